The maximum absolute atomic E-state index is 11.4. The Morgan fingerprint density at radius 3 is 3.00 bits per heavy atom. The molecule has 19 heavy (non-hydrogen) atoms. The highest BCUT2D eigenvalue weighted by Crippen LogP contribution is 2.29. The number of ether oxygens (including phenoxy) is 1. The molecule has 0 radical (unpaired) electrons. The number of fused-ring (bicyclic) bond motifs is 1. The van der Waals surface area contributed by atoms with Crippen molar-refractivity contribution in [3.63, 3.8) is 0 Å². The fourth-order valence-corrected chi connectivity index (χ4v) is 2.13. The summed E-state index contributed by atoms with van der Waals surface area (Å²) in [6.45, 7) is 2.02. The molecule has 2 aromatic rings. The minimum absolute atomic E-state index is 0.0961. The van der Waals surface area contributed by atoms with Crippen LogP contribution in [-0.2, 0) is 9.53 Å². The van der Waals surface area contributed by atoms with Crippen LogP contribution in [0.25, 0.3) is 10.9 Å². The van der Waals surface area contributed by atoms with Gasteiger partial charge in [-0.1, -0.05) is 17.7 Å². The zero-order valence-corrected chi connectivity index (χ0v) is 11.2. The Morgan fingerprint density at radius 1 is 1.47 bits per heavy atom. The van der Waals surface area contributed by atoms with Crippen LogP contribution in [0, 0.1) is 0 Å². The van der Waals surface area contributed by atoms with Crippen molar-refractivity contribution in [3.8, 4) is 0 Å². The van der Waals surface area contributed by atoms with Crippen LogP contribution in [0.3, 0.4) is 0 Å². The van der Waals surface area contributed by atoms with Crippen molar-refractivity contribution in [1.82, 2.24) is 4.98 Å². The summed E-state index contributed by atoms with van der Waals surface area (Å²) in [5, 5.41) is 11.4. The summed E-state index contributed by atoms with van der Waals surface area (Å²) in [6, 6.07) is 6.97. The van der Waals surface area contributed by atoms with E-state index >= 15 is 0 Å². The van der Waals surface area contributed by atoms with Gasteiger partial charge in [-0.25, -0.2) is 0 Å². The van der Waals surface area contributed by atoms with E-state index in [4.69, 9.17) is 16.3 Å². The number of pyridine rings is 1. The Kier molecular flexibility index (Phi) is 4.35. The van der Waals surface area contributed by atoms with Crippen LogP contribution in [0.1, 0.15) is 25.0 Å². The molecule has 1 heterocycles. The standard InChI is InChI=1S/C14H14ClNO3/c1-2-19-13(18)8-12(17)10-5-6-11(15)9-4-3-7-16-14(9)10/h3-7,12,17H,2,8H2,1H3. The second kappa shape index (κ2) is 5.99. The Hall–Kier alpha value is -1.65. The van der Waals surface area contributed by atoms with Gasteiger partial charge in [0.25, 0.3) is 0 Å². The minimum atomic E-state index is -0.950. The highest BCUT2D eigenvalue weighted by Gasteiger charge is 2.17. The molecule has 2 rings (SSSR count). The van der Waals surface area contributed by atoms with Crippen LogP contribution in [-0.4, -0.2) is 22.7 Å². The van der Waals surface area contributed by atoms with Gasteiger partial charge >= 0.3 is 5.97 Å². The minimum Gasteiger partial charge on any atom is -0.466 e. The molecule has 1 N–H and O–H groups in total. The summed E-state index contributed by atoms with van der Waals surface area (Å²) in [5.74, 6) is -0.436. The third-order valence-corrected chi connectivity index (χ3v) is 3.10. The normalized spacial score (nSPS) is 12.4. The molecule has 1 atom stereocenters. The number of aromatic nitrogens is 1. The molecule has 0 fully saturated rings. The number of carbonyl (C=O) groups is 1. The van der Waals surface area contributed by atoms with Crippen LogP contribution in [0.2, 0.25) is 5.02 Å². The van der Waals surface area contributed by atoms with E-state index in [2.05, 4.69) is 4.98 Å². The molecular weight excluding hydrogens is 266 g/mol. The summed E-state index contributed by atoms with van der Waals surface area (Å²) in [7, 11) is 0. The number of aliphatic hydroxyl groups excluding tert-OH is 1. The number of hydrogen-bond acceptors (Lipinski definition) is 4. The van der Waals surface area contributed by atoms with Gasteiger partial charge in [-0.15, -0.1) is 0 Å². The predicted octanol–water partition coefficient (Wildman–Crippen LogP) is 2.87. The summed E-state index contributed by atoms with van der Waals surface area (Å²) >= 11 is 6.08. The van der Waals surface area contributed by atoms with Crippen molar-refractivity contribution in [2.75, 3.05) is 6.61 Å². The van der Waals surface area contributed by atoms with Crippen molar-refractivity contribution < 1.29 is 14.6 Å². The molecule has 0 bridgehead atoms. The van der Waals surface area contributed by atoms with Gasteiger partial charge in [0, 0.05) is 22.2 Å². The lowest BCUT2D eigenvalue weighted by Gasteiger charge is -2.13. The fourth-order valence-electron chi connectivity index (χ4n) is 1.92. The van der Waals surface area contributed by atoms with Gasteiger partial charge in [0.1, 0.15) is 0 Å². The van der Waals surface area contributed by atoms with Crippen molar-refractivity contribution in [2.24, 2.45) is 0 Å². The maximum atomic E-state index is 11.4. The van der Waals surface area contributed by atoms with Crippen LogP contribution >= 0.6 is 11.6 Å². The molecule has 1 aromatic carbocycles. The molecular formula is C14H14ClNO3. The largest absolute Gasteiger partial charge is 0.466 e. The molecule has 0 amide bonds. The molecule has 0 aliphatic rings. The Morgan fingerprint density at radius 2 is 2.26 bits per heavy atom. The molecule has 0 aliphatic heterocycles. The first-order valence-electron chi connectivity index (χ1n) is 6.00. The molecule has 0 saturated carbocycles. The summed E-state index contributed by atoms with van der Waals surface area (Å²) in [5.41, 5.74) is 1.18. The first-order valence-corrected chi connectivity index (χ1v) is 6.38. The topological polar surface area (TPSA) is 59.4 Å². The quantitative estimate of drug-likeness (QED) is 0.874. The van der Waals surface area contributed by atoms with Crippen molar-refractivity contribution in [1.29, 1.82) is 0 Å². The molecule has 0 aliphatic carbocycles. The van der Waals surface area contributed by atoms with Gasteiger partial charge in [0.05, 0.1) is 24.6 Å². The average molecular weight is 280 g/mol. The fraction of sp³-hybridized carbons (Fsp3) is 0.286. The Labute approximate surface area is 116 Å². The Balaban J connectivity index is 2.35. The number of aliphatic hydroxyl groups is 1. The van der Waals surface area contributed by atoms with E-state index < -0.39 is 12.1 Å². The molecule has 4 nitrogen and oxygen atoms in total. The third kappa shape index (κ3) is 3.03. The van der Waals surface area contributed by atoms with Crippen LogP contribution in [0.15, 0.2) is 30.5 Å². The number of carbonyl (C=O) groups excluding carboxylic acids is 1. The van der Waals surface area contributed by atoms with Gasteiger partial charge < -0.3 is 9.84 Å². The number of benzene rings is 1. The maximum Gasteiger partial charge on any atom is 0.308 e. The van der Waals surface area contributed by atoms with Crippen LogP contribution in [0.5, 0.6) is 0 Å². The Bertz CT molecular complexity index is 600. The summed E-state index contributed by atoms with van der Waals surface area (Å²) in [6.07, 6.45) is 0.578. The predicted molar refractivity (Wildman–Crippen MR) is 73.0 cm³/mol. The molecule has 100 valence electrons. The van der Waals surface area contributed by atoms with E-state index in [9.17, 15) is 9.90 Å². The van der Waals surface area contributed by atoms with E-state index in [-0.39, 0.29) is 6.42 Å². The first kappa shape index (κ1) is 13.8. The smallest absolute Gasteiger partial charge is 0.308 e. The van der Waals surface area contributed by atoms with E-state index in [1.54, 1.807) is 31.3 Å². The van der Waals surface area contributed by atoms with Crippen LogP contribution < -0.4 is 0 Å². The monoisotopic (exact) mass is 279 g/mol. The van der Waals surface area contributed by atoms with Gasteiger partial charge in [-0.05, 0) is 25.1 Å². The van der Waals surface area contributed by atoms with Gasteiger partial charge in [-0.3, -0.25) is 9.78 Å². The second-order valence-electron chi connectivity index (χ2n) is 4.06. The first-order chi connectivity index (χ1) is 9.13. The van der Waals surface area contributed by atoms with E-state index in [1.165, 1.54) is 0 Å². The van der Waals surface area contributed by atoms with Gasteiger partial charge in [0.15, 0.2) is 0 Å². The molecule has 5 heteroatoms. The van der Waals surface area contributed by atoms with E-state index in [1.807, 2.05) is 6.07 Å². The van der Waals surface area contributed by atoms with Gasteiger partial charge in [-0.2, -0.15) is 0 Å². The number of nitrogens with zero attached hydrogens (tertiary/aromatic N) is 1. The molecule has 1 aromatic heterocycles. The lowest BCUT2D eigenvalue weighted by Crippen LogP contribution is -2.10. The van der Waals surface area contributed by atoms with E-state index in [0.717, 1.165) is 5.39 Å². The van der Waals surface area contributed by atoms with Crippen LogP contribution in [0.4, 0.5) is 0 Å². The van der Waals surface area contributed by atoms with Crippen molar-refractivity contribution in [2.45, 2.75) is 19.4 Å². The number of esters is 1. The zero-order valence-electron chi connectivity index (χ0n) is 10.5. The SMILES string of the molecule is CCOC(=O)CC(O)c1ccc(Cl)c2cccnc12. The molecule has 0 spiro atoms. The number of rotatable bonds is 4. The molecule has 1 unspecified atom stereocenters. The second-order valence-corrected chi connectivity index (χ2v) is 4.47. The lowest BCUT2D eigenvalue weighted by molar-refractivity contribution is -0.145. The van der Waals surface area contributed by atoms with Crippen molar-refractivity contribution >= 4 is 28.5 Å². The number of hydrogen-bond donors (Lipinski definition) is 1. The third-order valence-electron chi connectivity index (χ3n) is 2.77. The average Bonchev–Trinajstić information content (AvgIpc) is 2.39. The summed E-state index contributed by atoms with van der Waals surface area (Å²) < 4.78 is 4.82. The van der Waals surface area contributed by atoms with Gasteiger partial charge in [0.2, 0.25) is 0 Å². The lowest BCUT2D eigenvalue weighted by atomic mass is 10.0. The number of halogens is 1. The summed E-state index contributed by atoms with van der Waals surface area (Å²) in [4.78, 5) is 15.6. The highest BCUT2D eigenvalue weighted by atomic mass is 35.5. The highest BCUT2D eigenvalue weighted by molar-refractivity contribution is 6.35. The molecule has 0 saturated heterocycles. The van der Waals surface area contributed by atoms with Crippen molar-refractivity contribution in [3.05, 3.63) is 41.0 Å². The zero-order chi connectivity index (χ0) is 13.8. The van der Waals surface area contributed by atoms with E-state index in [0.29, 0.717) is 22.7 Å².